The highest BCUT2D eigenvalue weighted by Crippen LogP contribution is 2.31. The lowest BCUT2D eigenvalue weighted by molar-refractivity contribution is -0.331. The molecule has 2 aromatic rings. The lowest BCUT2D eigenvalue weighted by Crippen LogP contribution is -2.61. The van der Waals surface area contributed by atoms with Crippen molar-refractivity contribution in [3.8, 4) is 5.75 Å². The molecule has 2 heterocycles. The van der Waals surface area contributed by atoms with E-state index in [1.54, 1.807) is 32.0 Å². The molecule has 0 amide bonds. The average Bonchev–Trinajstić information content (AvgIpc) is 2.73. The molecule has 0 aliphatic carbocycles. The number of hydrogen-bond donors (Lipinski definition) is 5. The Bertz CT molecular complexity index is 953. The van der Waals surface area contributed by atoms with Crippen LogP contribution in [-0.4, -0.2) is 81.7 Å². The Morgan fingerprint density at radius 3 is 2.48 bits per heavy atom. The summed E-state index contributed by atoms with van der Waals surface area (Å²) in [6, 6.07) is 6.18. The molecule has 1 fully saturated rings. The largest absolute Gasteiger partial charge is 0.496 e. The molecule has 0 spiro atoms. The lowest BCUT2D eigenvalue weighted by atomic mass is 9.93. The number of ether oxygens (including phenoxy) is 3. The maximum absolute atomic E-state index is 11.4. The van der Waals surface area contributed by atoms with E-state index < -0.39 is 54.6 Å². The number of methoxy groups -OCH3 is 1. The van der Waals surface area contributed by atoms with Gasteiger partial charge >= 0.3 is 5.63 Å². The minimum atomic E-state index is -1.58. The Hall–Kier alpha value is -2.05. The number of aliphatic hydroxyl groups is 5. The summed E-state index contributed by atoms with van der Waals surface area (Å²) < 4.78 is 21.6. The summed E-state index contributed by atoms with van der Waals surface area (Å²) in [5.74, 6) is 0.407. The van der Waals surface area contributed by atoms with Gasteiger partial charge in [0.15, 0.2) is 6.29 Å². The van der Waals surface area contributed by atoms with Gasteiger partial charge in [0.05, 0.1) is 25.4 Å². The van der Waals surface area contributed by atoms with Gasteiger partial charge in [-0.05, 0) is 31.5 Å². The summed E-state index contributed by atoms with van der Waals surface area (Å²) in [4.78, 5) is 11.4. The van der Waals surface area contributed by atoms with E-state index in [0.29, 0.717) is 22.3 Å². The van der Waals surface area contributed by atoms with Gasteiger partial charge in [0.1, 0.15) is 35.7 Å². The normalized spacial score (nSPS) is 27.9. The number of aliphatic hydroxyl groups excluding tert-OH is 5. The van der Waals surface area contributed by atoms with Crippen molar-refractivity contribution in [3.63, 3.8) is 0 Å². The molecule has 0 radical (unpaired) electrons. The monoisotopic (exact) mass is 440 g/mol. The second kappa shape index (κ2) is 9.21. The molecular formula is C21H28O10. The predicted octanol–water partition coefficient (Wildman–Crippen LogP) is -0.700. The van der Waals surface area contributed by atoms with E-state index in [0.717, 1.165) is 0 Å². The topological polar surface area (TPSA) is 159 Å². The third-order valence-corrected chi connectivity index (χ3v) is 5.51. The third kappa shape index (κ3) is 4.90. The zero-order valence-electron chi connectivity index (χ0n) is 17.5. The van der Waals surface area contributed by atoms with Crippen molar-refractivity contribution in [1.29, 1.82) is 0 Å². The number of rotatable bonds is 7. The zero-order chi connectivity index (χ0) is 22.9. The number of fused-ring (bicyclic) bond motifs is 1. The fourth-order valence-electron chi connectivity index (χ4n) is 3.49. The van der Waals surface area contributed by atoms with Crippen molar-refractivity contribution >= 4 is 11.0 Å². The van der Waals surface area contributed by atoms with Crippen LogP contribution in [0.3, 0.4) is 0 Å². The first kappa shape index (κ1) is 23.6. The molecular weight excluding hydrogens is 412 g/mol. The van der Waals surface area contributed by atoms with E-state index in [9.17, 15) is 30.3 Å². The summed E-state index contributed by atoms with van der Waals surface area (Å²) in [5, 5.41) is 50.9. The molecule has 0 unspecified atom stereocenters. The van der Waals surface area contributed by atoms with Gasteiger partial charge in [0, 0.05) is 23.9 Å². The Morgan fingerprint density at radius 1 is 1.13 bits per heavy atom. The van der Waals surface area contributed by atoms with Crippen LogP contribution < -0.4 is 10.4 Å². The SMILES string of the molecule is COc1cc2oc(=O)ccc2cc1C[C@H](O)C(C)(C)O[C@@H]1O[C@H](CO)[C@@H](O)[C@H](O)[C@H]1O. The molecule has 1 aromatic carbocycles. The van der Waals surface area contributed by atoms with Crippen LogP contribution in [0.4, 0.5) is 0 Å². The standard InChI is InChI=1S/C21H28O10/c1-21(2,31-20-19(27)18(26)17(25)14(9-22)30-20)15(23)7-11-6-10-4-5-16(24)29-13(10)8-12(11)28-3/h4-6,8,14-15,17-20,22-23,25-27H,7,9H2,1-3H3/t14-,15+,17-,18+,19-,20+/m1/s1. The first-order valence-electron chi connectivity index (χ1n) is 9.84. The summed E-state index contributed by atoms with van der Waals surface area (Å²) >= 11 is 0. The average molecular weight is 440 g/mol. The van der Waals surface area contributed by atoms with Crippen LogP contribution in [0.2, 0.25) is 0 Å². The summed E-state index contributed by atoms with van der Waals surface area (Å²) in [6.45, 7) is 2.57. The van der Waals surface area contributed by atoms with Crippen LogP contribution in [0.15, 0.2) is 33.5 Å². The van der Waals surface area contributed by atoms with Crippen LogP contribution >= 0.6 is 0 Å². The van der Waals surface area contributed by atoms with E-state index in [1.165, 1.54) is 13.2 Å². The lowest BCUT2D eigenvalue weighted by Gasteiger charge is -2.43. The van der Waals surface area contributed by atoms with E-state index in [2.05, 4.69) is 0 Å². The van der Waals surface area contributed by atoms with Crippen LogP contribution in [0.5, 0.6) is 5.75 Å². The van der Waals surface area contributed by atoms with Gasteiger partial charge in [-0.2, -0.15) is 0 Å². The third-order valence-electron chi connectivity index (χ3n) is 5.51. The van der Waals surface area contributed by atoms with Crippen LogP contribution in [0, 0.1) is 0 Å². The van der Waals surface area contributed by atoms with Gasteiger partial charge in [0.25, 0.3) is 0 Å². The molecule has 1 aliphatic rings. The van der Waals surface area contributed by atoms with Gasteiger partial charge < -0.3 is 44.2 Å². The molecule has 1 aliphatic heterocycles. The molecule has 5 N–H and O–H groups in total. The van der Waals surface area contributed by atoms with Gasteiger partial charge in [-0.25, -0.2) is 4.79 Å². The van der Waals surface area contributed by atoms with E-state index in [1.807, 2.05) is 0 Å². The molecule has 10 heteroatoms. The second-order valence-electron chi connectivity index (χ2n) is 8.09. The first-order chi connectivity index (χ1) is 14.6. The van der Waals surface area contributed by atoms with Crippen molar-refractivity contribution in [3.05, 3.63) is 40.2 Å². The smallest absolute Gasteiger partial charge is 0.336 e. The summed E-state index contributed by atoms with van der Waals surface area (Å²) in [7, 11) is 1.45. The summed E-state index contributed by atoms with van der Waals surface area (Å²) in [5.41, 5.74) is -0.783. The van der Waals surface area contributed by atoms with Gasteiger partial charge in [-0.3, -0.25) is 0 Å². The molecule has 1 saturated heterocycles. The number of hydrogen-bond acceptors (Lipinski definition) is 10. The van der Waals surface area contributed by atoms with Crippen molar-refractivity contribution < 1.29 is 44.2 Å². The number of benzene rings is 1. The minimum absolute atomic E-state index is 0.0860. The summed E-state index contributed by atoms with van der Waals surface area (Å²) in [6.07, 6.45) is -8.19. The fourth-order valence-corrected chi connectivity index (χ4v) is 3.49. The molecule has 10 nitrogen and oxygen atoms in total. The highest BCUT2D eigenvalue weighted by molar-refractivity contribution is 5.79. The maximum atomic E-state index is 11.4. The van der Waals surface area contributed by atoms with Crippen LogP contribution in [-0.2, 0) is 15.9 Å². The Labute approximate surface area is 178 Å². The minimum Gasteiger partial charge on any atom is -0.496 e. The van der Waals surface area contributed by atoms with Gasteiger partial charge in [-0.1, -0.05) is 0 Å². The quantitative estimate of drug-likeness (QED) is 0.349. The van der Waals surface area contributed by atoms with E-state index in [4.69, 9.17) is 18.6 Å². The van der Waals surface area contributed by atoms with Crippen molar-refractivity contribution in [2.75, 3.05) is 13.7 Å². The molecule has 0 bridgehead atoms. The van der Waals surface area contributed by atoms with Crippen molar-refractivity contribution in [1.82, 2.24) is 0 Å². The van der Waals surface area contributed by atoms with Crippen LogP contribution in [0.25, 0.3) is 11.0 Å². The van der Waals surface area contributed by atoms with E-state index >= 15 is 0 Å². The second-order valence-corrected chi connectivity index (χ2v) is 8.09. The predicted molar refractivity (Wildman–Crippen MR) is 108 cm³/mol. The fraction of sp³-hybridized carbons (Fsp3) is 0.571. The maximum Gasteiger partial charge on any atom is 0.336 e. The molecule has 31 heavy (non-hydrogen) atoms. The molecule has 6 atom stereocenters. The van der Waals surface area contributed by atoms with Crippen molar-refractivity contribution in [2.24, 2.45) is 0 Å². The highest BCUT2D eigenvalue weighted by Gasteiger charge is 2.46. The molecule has 0 saturated carbocycles. The van der Waals surface area contributed by atoms with E-state index in [-0.39, 0.29) is 6.42 Å². The van der Waals surface area contributed by atoms with Crippen molar-refractivity contribution in [2.45, 2.75) is 62.7 Å². The van der Waals surface area contributed by atoms with Gasteiger partial charge in [-0.15, -0.1) is 0 Å². The Morgan fingerprint density at radius 2 is 1.84 bits per heavy atom. The Kier molecular flexibility index (Phi) is 7.01. The molecule has 1 aromatic heterocycles. The highest BCUT2D eigenvalue weighted by atomic mass is 16.7. The van der Waals surface area contributed by atoms with Gasteiger partial charge in [0.2, 0.25) is 0 Å². The molecule has 3 rings (SSSR count). The zero-order valence-corrected chi connectivity index (χ0v) is 17.5. The Balaban J connectivity index is 1.79. The first-order valence-corrected chi connectivity index (χ1v) is 9.84. The van der Waals surface area contributed by atoms with Crippen LogP contribution in [0.1, 0.15) is 19.4 Å². The molecule has 172 valence electrons.